The van der Waals surface area contributed by atoms with Gasteiger partial charge < -0.3 is 4.90 Å². The van der Waals surface area contributed by atoms with E-state index in [0.29, 0.717) is 18.9 Å². The van der Waals surface area contributed by atoms with Crippen LogP contribution in [0.4, 0.5) is 0 Å². The van der Waals surface area contributed by atoms with Crippen LogP contribution < -0.4 is 0 Å². The number of carbonyl (C=O) groups excluding carboxylic acids is 1. The second-order valence-electron chi connectivity index (χ2n) is 3.57. The molecule has 0 N–H and O–H groups in total. The zero-order valence-electron chi connectivity index (χ0n) is 8.71. The lowest BCUT2D eigenvalue weighted by atomic mass is 10.1. The molecular formula is C10H18N2O. The van der Waals surface area contributed by atoms with Crippen LogP contribution >= 0.6 is 0 Å². The molecule has 0 aromatic carbocycles. The number of nitrogens with zero attached hydrogens (tertiary/aromatic N) is 2. The minimum atomic E-state index is 0.0957. The van der Waals surface area contributed by atoms with Crippen LogP contribution in [0.15, 0.2) is 0 Å². The monoisotopic (exact) mass is 182 g/mol. The van der Waals surface area contributed by atoms with Crippen molar-refractivity contribution in [3.63, 3.8) is 0 Å². The first kappa shape index (κ1) is 12.0. The molecule has 3 nitrogen and oxygen atoms in total. The molecule has 74 valence electrons. The van der Waals surface area contributed by atoms with Crippen molar-refractivity contribution in [2.75, 3.05) is 13.1 Å². The highest BCUT2D eigenvalue weighted by molar-refractivity contribution is 5.76. The summed E-state index contributed by atoms with van der Waals surface area (Å²) >= 11 is 0. The third-order valence-corrected chi connectivity index (χ3v) is 1.69. The highest BCUT2D eigenvalue weighted by Crippen LogP contribution is 2.04. The molecular weight excluding hydrogens is 164 g/mol. The van der Waals surface area contributed by atoms with Crippen LogP contribution in [0.5, 0.6) is 0 Å². The third kappa shape index (κ3) is 5.24. The lowest BCUT2D eigenvalue weighted by molar-refractivity contribution is -0.131. The van der Waals surface area contributed by atoms with E-state index in [1.807, 2.05) is 26.8 Å². The third-order valence-electron chi connectivity index (χ3n) is 1.69. The molecule has 0 spiro atoms. The molecule has 0 saturated carbocycles. The van der Waals surface area contributed by atoms with Crippen molar-refractivity contribution in [2.45, 2.75) is 33.6 Å². The molecule has 0 aromatic heterocycles. The maximum atomic E-state index is 11.5. The van der Waals surface area contributed by atoms with Gasteiger partial charge in [0.15, 0.2) is 0 Å². The molecule has 13 heavy (non-hydrogen) atoms. The molecule has 0 atom stereocenters. The number of hydrogen-bond donors (Lipinski definition) is 0. The number of hydrogen-bond acceptors (Lipinski definition) is 2. The molecule has 0 unspecified atom stereocenters. The normalized spacial score (nSPS) is 9.77. The van der Waals surface area contributed by atoms with Crippen molar-refractivity contribution < 1.29 is 4.79 Å². The predicted octanol–water partition coefficient (Wildman–Crippen LogP) is 1.79. The summed E-state index contributed by atoms with van der Waals surface area (Å²) in [6.45, 7) is 6.94. The van der Waals surface area contributed by atoms with Gasteiger partial charge in [-0.05, 0) is 12.3 Å². The topological polar surface area (TPSA) is 44.1 Å². The fourth-order valence-electron chi connectivity index (χ4n) is 1.13. The van der Waals surface area contributed by atoms with Crippen LogP contribution in [0.25, 0.3) is 0 Å². The van der Waals surface area contributed by atoms with Crippen LogP contribution in [0.2, 0.25) is 0 Å². The van der Waals surface area contributed by atoms with E-state index in [0.717, 1.165) is 6.42 Å². The Morgan fingerprint density at radius 3 is 2.54 bits per heavy atom. The molecule has 0 radical (unpaired) electrons. The molecule has 1 amide bonds. The van der Waals surface area contributed by atoms with E-state index in [2.05, 4.69) is 0 Å². The standard InChI is InChI=1S/C10H18N2O/c1-4-6-12(7-5-11)10(13)8-9(2)3/h9H,4,6-8H2,1-3H3. The van der Waals surface area contributed by atoms with Crippen LogP contribution in [0.1, 0.15) is 33.6 Å². The predicted molar refractivity (Wildman–Crippen MR) is 51.9 cm³/mol. The molecule has 0 aliphatic carbocycles. The number of carbonyl (C=O) groups is 1. The summed E-state index contributed by atoms with van der Waals surface area (Å²) in [6, 6.07) is 2.01. The van der Waals surface area contributed by atoms with Crippen molar-refractivity contribution in [2.24, 2.45) is 5.92 Å². The molecule has 3 heteroatoms. The first-order chi connectivity index (χ1) is 6.11. The lowest BCUT2D eigenvalue weighted by Crippen LogP contribution is -2.32. The molecule has 0 heterocycles. The quantitative estimate of drug-likeness (QED) is 0.608. The van der Waals surface area contributed by atoms with E-state index in [-0.39, 0.29) is 12.5 Å². The second kappa shape index (κ2) is 6.47. The summed E-state index contributed by atoms with van der Waals surface area (Å²) in [4.78, 5) is 13.1. The second-order valence-corrected chi connectivity index (χ2v) is 3.57. The number of amides is 1. The Hall–Kier alpha value is -1.04. The van der Waals surface area contributed by atoms with Gasteiger partial charge in [-0.1, -0.05) is 20.8 Å². The van der Waals surface area contributed by atoms with E-state index in [9.17, 15) is 4.79 Å². The average molecular weight is 182 g/mol. The van der Waals surface area contributed by atoms with Crippen LogP contribution in [0, 0.1) is 17.2 Å². The fraction of sp³-hybridized carbons (Fsp3) is 0.800. The van der Waals surface area contributed by atoms with Gasteiger partial charge in [0, 0.05) is 13.0 Å². The molecule has 0 aliphatic rings. The van der Waals surface area contributed by atoms with Gasteiger partial charge in [-0.25, -0.2) is 0 Å². The summed E-state index contributed by atoms with van der Waals surface area (Å²) < 4.78 is 0. The Morgan fingerprint density at radius 1 is 1.54 bits per heavy atom. The smallest absolute Gasteiger partial charge is 0.223 e. The van der Waals surface area contributed by atoms with E-state index < -0.39 is 0 Å². The van der Waals surface area contributed by atoms with Crippen molar-refractivity contribution >= 4 is 5.91 Å². The van der Waals surface area contributed by atoms with Crippen LogP contribution in [0.3, 0.4) is 0 Å². The summed E-state index contributed by atoms with van der Waals surface area (Å²) in [6.07, 6.45) is 1.45. The van der Waals surface area contributed by atoms with E-state index >= 15 is 0 Å². The largest absolute Gasteiger partial charge is 0.329 e. The summed E-state index contributed by atoms with van der Waals surface area (Å²) in [5.74, 6) is 0.462. The van der Waals surface area contributed by atoms with Gasteiger partial charge in [-0.3, -0.25) is 4.79 Å². The highest BCUT2D eigenvalue weighted by Gasteiger charge is 2.12. The van der Waals surface area contributed by atoms with Gasteiger partial charge in [-0.2, -0.15) is 5.26 Å². The lowest BCUT2D eigenvalue weighted by Gasteiger charge is -2.19. The summed E-state index contributed by atoms with van der Waals surface area (Å²) in [5, 5.41) is 8.50. The fourth-order valence-corrected chi connectivity index (χ4v) is 1.13. The maximum Gasteiger partial charge on any atom is 0.223 e. The Bertz CT molecular complexity index is 194. The first-order valence-corrected chi connectivity index (χ1v) is 4.76. The van der Waals surface area contributed by atoms with E-state index in [1.165, 1.54) is 0 Å². The van der Waals surface area contributed by atoms with Gasteiger partial charge in [0.1, 0.15) is 6.54 Å². The maximum absolute atomic E-state index is 11.5. The van der Waals surface area contributed by atoms with Gasteiger partial charge in [0.2, 0.25) is 5.91 Å². The summed E-state index contributed by atoms with van der Waals surface area (Å²) in [5.41, 5.74) is 0. The Kier molecular flexibility index (Phi) is 5.96. The average Bonchev–Trinajstić information content (AvgIpc) is 2.02. The molecule has 0 aromatic rings. The van der Waals surface area contributed by atoms with E-state index in [1.54, 1.807) is 4.90 Å². The zero-order chi connectivity index (χ0) is 10.3. The van der Waals surface area contributed by atoms with Crippen molar-refractivity contribution in [1.82, 2.24) is 4.90 Å². The minimum absolute atomic E-state index is 0.0957. The highest BCUT2D eigenvalue weighted by atomic mass is 16.2. The van der Waals surface area contributed by atoms with Gasteiger partial charge in [-0.15, -0.1) is 0 Å². The van der Waals surface area contributed by atoms with Crippen LogP contribution in [-0.4, -0.2) is 23.9 Å². The van der Waals surface area contributed by atoms with Crippen molar-refractivity contribution in [1.29, 1.82) is 5.26 Å². The zero-order valence-corrected chi connectivity index (χ0v) is 8.71. The van der Waals surface area contributed by atoms with E-state index in [4.69, 9.17) is 5.26 Å². The molecule has 0 rings (SSSR count). The Balaban J connectivity index is 4.04. The van der Waals surface area contributed by atoms with Gasteiger partial charge >= 0.3 is 0 Å². The van der Waals surface area contributed by atoms with Gasteiger partial charge in [0.25, 0.3) is 0 Å². The van der Waals surface area contributed by atoms with Crippen LogP contribution in [-0.2, 0) is 4.79 Å². The molecule has 0 fully saturated rings. The van der Waals surface area contributed by atoms with Crippen molar-refractivity contribution in [3.8, 4) is 6.07 Å². The molecule has 0 bridgehead atoms. The molecule has 0 saturated heterocycles. The number of rotatable bonds is 5. The number of nitriles is 1. The Morgan fingerprint density at radius 2 is 2.15 bits per heavy atom. The first-order valence-electron chi connectivity index (χ1n) is 4.76. The molecule has 0 aliphatic heterocycles. The Labute approximate surface area is 80.3 Å². The van der Waals surface area contributed by atoms with Crippen molar-refractivity contribution in [3.05, 3.63) is 0 Å². The van der Waals surface area contributed by atoms with Gasteiger partial charge in [0.05, 0.1) is 6.07 Å². The summed E-state index contributed by atoms with van der Waals surface area (Å²) in [7, 11) is 0. The minimum Gasteiger partial charge on any atom is -0.329 e. The SMILES string of the molecule is CCCN(CC#N)C(=O)CC(C)C.